The Balaban J connectivity index is 2.42. The fourth-order valence-electron chi connectivity index (χ4n) is 2.17. The average molecular weight is 305 g/mol. The second-order valence-corrected chi connectivity index (χ2v) is 5.23. The second-order valence-electron chi connectivity index (χ2n) is 5.23. The summed E-state index contributed by atoms with van der Waals surface area (Å²) in [6.45, 7) is 0.923. The minimum atomic E-state index is -1.51. The van der Waals surface area contributed by atoms with Gasteiger partial charge >= 0.3 is 0 Å². The highest BCUT2D eigenvalue weighted by Gasteiger charge is 2.44. The maximum Gasteiger partial charge on any atom is 0.220 e. The summed E-state index contributed by atoms with van der Waals surface area (Å²) >= 11 is 0. The summed E-state index contributed by atoms with van der Waals surface area (Å²) < 4.78 is 4.92. The zero-order chi connectivity index (χ0) is 16.0. The van der Waals surface area contributed by atoms with Crippen LogP contribution in [-0.2, 0) is 14.3 Å². The lowest BCUT2D eigenvalue weighted by Gasteiger charge is -2.40. The first-order chi connectivity index (χ1) is 9.86. The maximum atomic E-state index is 11.7. The minimum absolute atomic E-state index is 0.0556. The van der Waals surface area contributed by atoms with E-state index in [2.05, 4.69) is 5.32 Å². The van der Waals surface area contributed by atoms with E-state index in [9.17, 15) is 24.9 Å². The summed E-state index contributed by atoms with van der Waals surface area (Å²) in [4.78, 5) is 22.5. The van der Waals surface area contributed by atoms with Gasteiger partial charge in [0.1, 0.15) is 30.1 Å². The third-order valence-electron chi connectivity index (χ3n) is 3.41. The lowest BCUT2D eigenvalue weighted by molar-refractivity contribution is -0.253. The molecule has 21 heavy (non-hydrogen) atoms. The SMILES string of the molecule is CC(=O)CCCCC(=O)N[C@@H]1[C@@H](O)[C@@H](O)C(CO)O[C@@H]1O. The number of rotatable bonds is 7. The fraction of sp³-hybridized carbons (Fsp3) is 0.846. The third kappa shape index (κ3) is 5.33. The van der Waals surface area contributed by atoms with Crippen molar-refractivity contribution in [1.82, 2.24) is 5.32 Å². The van der Waals surface area contributed by atoms with Crippen molar-refractivity contribution >= 4 is 11.7 Å². The Kier molecular flexibility index (Phi) is 7.20. The van der Waals surface area contributed by atoms with E-state index in [1.54, 1.807) is 0 Å². The zero-order valence-corrected chi connectivity index (χ0v) is 11.9. The Morgan fingerprint density at radius 1 is 1.10 bits per heavy atom. The van der Waals surface area contributed by atoms with Gasteiger partial charge < -0.3 is 35.3 Å². The number of aliphatic hydroxyl groups is 4. The van der Waals surface area contributed by atoms with Gasteiger partial charge in [-0.1, -0.05) is 0 Å². The van der Waals surface area contributed by atoms with Crippen LogP contribution in [0.4, 0.5) is 0 Å². The minimum Gasteiger partial charge on any atom is -0.394 e. The topological polar surface area (TPSA) is 136 Å². The van der Waals surface area contributed by atoms with Crippen LogP contribution in [0.2, 0.25) is 0 Å². The molecule has 0 aromatic carbocycles. The Hall–Kier alpha value is -1.06. The molecule has 1 amide bonds. The first-order valence-corrected chi connectivity index (χ1v) is 6.96. The van der Waals surface area contributed by atoms with Gasteiger partial charge in [0.25, 0.3) is 0 Å². The monoisotopic (exact) mass is 305 g/mol. The number of ketones is 1. The number of nitrogens with one attached hydrogen (secondary N) is 1. The van der Waals surface area contributed by atoms with Gasteiger partial charge in [-0.05, 0) is 19.8 Å². The normalized spacial score (nSPS) is 32.7. The molecule has 0 saturated carbocycles. The average Bonchev–Trinajstić information content (AvgIpc) is 2.43. The van der Waals surface area contributed by atoms with Crippen LogP contribution in [0.3, 0.4) is 0 Å². The molecular weight excluding hydrogens is 282 g/mol. The smallest absolute Gasteiger partial charge is 0.220 e. The number of hydrogen-bond acceptors (Lipinski definition) is 7. The van der Waals surface area contributed by atoms with Gasteiger partial charge in [0.05, 0.1) is 6.61 Å². The second kappa shape index (κ2) is 8.40. The summed E-state index contributed by atoms with van der Waals surface area (Å²) in [5, 5.41) is 40.5. The van der Waals surface area contributed by atoms with E-state index in [0.717, 1.165) is 0 Å². The van der Waals surface area contributed by atoms with Crippen molar-refractivity contribution in [2.75, 3.05) is 6.61 Å². The summed E-state index contributed by atoms with van der Waals surface area (Å²) in [7, 11) is 0. The number of carbonyl (C=O) groups is 2. The molecule has 0 aromatic heterocycles. The number of carbonyl (C=O) groups excluding carboxylic acids is 2. The highest BCUT2D eigenvalue weighted by Crippen LogP contribution is 2.19. The van der Waals surface area contributed by atoms with Crippen LogP contribution in [0.25, 0.3) is 0 Å². The van der Waals surface area contributed by atoms with Gasteiger partial charge in [-0.25, -0.2) is 0 Å². The van der Waals surface area contributed by atoms with E-state index in [1.807, 2.05) is 0 Å². The van der Waals surface area contributed by atoms with Crippen LogP contribution in [0.5, 0.6) is 0 Å². The lowest BCUT2D eigenvalue weighted by Crippen LogP contribution is -2.64. The molecule has 0 bridgehead atoms. The quantitative estimate of drug-likeness (QED) is 0.345. The number of unbranched alkanes of at least 4 members (excludes halogenated alkanes) is 1. The van der Waals surface area contributed by atoms with Crippen molar-refractivity contribution in [1.29, 1.82) is 0 Å². The van der Waals surface area contributed by atoms with E-state index in [0.29, 0.717) is 19.3 Å². The summed E-state index contributed by atoms with van der Waals surface area (Å²) in [6.07, 6.45) is -3.81. The third-order valence-corrected chi connectivity index (χ3v) is 3.41. The van der Waals surface area contributed by atoms with Crippen molar-refractivity contribution in [3.8, 4) is 0 Å². The largest absolute Gasteiger partial charge is 0.394 e. The Labute approximate surface area is 122 Å². The van der Waals surface area contributed by atoms with Gasteiger partial charge in [0, 0.05) is 12.8 Å². The van der Waals surface area contributed by atoms with Crippen LogP contribution in [0, 0.1) is 0 Å². The predicted octanol–water partition coefficient (Wildman–Crippen LogP) is -1.95. The zero-order valence-electron chi connectivity index (χ0n) is 11.9. The molecule has 5 atom stereocenters. The first kappa shape index (κ1) is 18.0. The molecule has 1 fully saturated rings. The molecule has 1 saturated heterocycles. The van der Waals surface area contributed by atoms with E-state index in [-0.39, 0.29) is 12.2 Å². The van der Waals surface area contributed by atoms with Crippen LogP contribution < -0.4 is 5.32 Å². The van der Waals surface area contributed by atoms with E-state index >= 15 is 0 Å². The fourth-order valence-corrected chi connectivity index (χ4v) is 2.17. The molecule has 0 radical (unpaired) electrons. The van der Waals surface area contributed by atoms with Crippen molar-refractivity contribution in [3.05, 3.63) is 0 Å². The Morgan fingerprint density at radius 2 is 1.71 bits per heavy atom. The summed E-state index contributed by atoms with van der Waals surface area (Å²) in [6, 6.07) is -1.16. The molecule has 0 aromatic rings. The van der Waals surface area contributed by atoms with Crippen LogP contribution in [-0.4, -0.2) is 69.4 Å². The summed E-state index contributed by atoms with van der Waals surface area (Å²) in [5.74, 6) is -0.361. The maximum absolute atomic E-state index is 11.7. The number of ether oxygens (including phenoxy) is 1. The first-order valence-electron chi connectivity index (χ1n) is 6.96. The molecule has 0 aliphatic carbocycles. The molecule has 1 unspecified atom stereocenters. The van der Waals surface area contributed by atoms with Gasteiger partial charge in [0.15, 0.2) is 6.29 Å². The highest BCUT2D eigenvalue weighted by atomic mass is 16.6. The van der Waals surface area contributed by atoms with Crippen molar-refractivity contribution in [3.63, 3.8) is 0 Å². The lowest BCUT2D eigenvalue weighted by atomic mass is 9.97. The van der Waals surface area contributed by atoms with Gasteiger partial charge in [-0.15, -0.1) is 0 Å². The molecule has 0 spiro atoms. The molecule has 8 heteroatoms. The number of hydrogen-bond donors (Lipinski definition) is 5. The molecule has 8 nitrogen and oxygen atoms in total. The molecule has 1 aliphatic rings. The van der Waals surface area contributed by atoms with Gasteiger partial charge in [-0.2, -0.15) is 0 Å². The Bertz CT molecular complexity index is 362. The van der Waals surface area contributed by atoms with E-state index in [1.165, 1.54) is 6.92 Å². The van der Waals surface area contributed by atoms with Crippen molar-refractivity contribution in [2.45, 2.75) is 63.3 Å². The number of aliphatic hydroxyl groups excluding tert-OH is 4. The molecule has 5 N–H and O–H groups in total. The van der Waals surface area contributed by atoms with E-state index < -0.39 is 43.2 Å². The van der Waals surface area contributed by atoms with Crippen molar-refractivity contribution < 1.29 is 34.8 Å². The number of Topliss-reactive ketones (excluding diaryl/α,β-unsaturated/α-hetero) is 1. The number of amides is 1. The standard InChI is InChI=1S/C13H23NO7/c1-7(16)4-2-3-5-9(17)14-10-12(19)11(18)8(6-15)21-13(10)20/h8,10-13,15,18-20H,2-6H2,1H3,(H,14,17)/t8?,10-,11+,12-,13+/m1/s1. The molecule has 1 heterocycles. The predicted molar refractivity (Wildman–Crippen MR) is 71.1 cm³/mol. The summed E-state index contributed by atoms with van der Waals surface area (Å²) in [5.41, 5.74) is 0. The van der Waals surface area contributed by atoms with Crippen molar-refractivity contribution in [2.24, 2.45) is 0 Å². The van der Waals surface area contributed by atoms with E-state index in [4.69, 9.17) is 9.84 Å². The van der Waals surface area contributed by atoms with Gasteiger partial charge in [0.2, 0.25) is 5.91 Å². The van der Waals surface area contributed by atoms with Crippen LogP contribution in [0.15, 0.2) is 0 Å². The highest BCUT2D eigenvalue weighted by molar-refractivity contribution is 5.77. The Morgan fingerprint density at radius 3 is 2.29 bits per heavy atom. The van der Waals surface area contributed by atoms with Crippen LogP contribution >= 0.6 is 0 Å². The molecule has 1 rings (SSSR count). The molecule has 122 valence electrons. The van der Waals surface area contributed by atoms with Crippen LogP contribution in [0.1, 0.15) is 32.6 Å². The van der Waals surface area contributed by atoms with Gasteiger partial charge in [-0.3, -0.25) is 4.79 Å². The molecular formula is C13H23NO7. The molecule has 1 aliphatic heterocycles.